The monoisotopic (exact) mass is 381 g/mol. The first-order chi connectivity index (χ1) is 12.9. The summed E-state index contributed by atoms with van der Waals surface area (Å²) < 4.78 is 46.8. The van der Waals surface area contributed by atoms with E-state index in [1.54, 1.807) is 24.4 Å². The molecule has 1 aliphatic heterocycles. The lowest BCUT2D eigenvalue weighted by Crippen LogP contribution is -2.38. The third-order valence-corrected chi connectivity index (χ3v) is 3.98. The number of rotatable bonds is 5. The number of alkyl halides is 3. The molecule has 1 fully saturated rings. The molecule has 1 N–H and O–H groups in total. The molecular weight excluding hydrogens is 363 g/mol. The molecule has 1 aliphatic rings. The zero-order valence-corrected chi connectivity index (χ0v) is 14.3. The lowest BCUT2D eigenvalue weighted by Gasteiger charge is -2.29. The number of morpholine rings is 1. The average molecular weight is 381 g/mol. The minimum Gasteiger partial charge on any atom is -0.405 e. The Hall–Kier alpha value is -2.81. The third kappa shape index (κ3) is 5.10. The van der Waals surface area contributed by atoms with E-state index < -0.39 is 12.3 Å². The van der Waals surface area contributed by atoms with Crippen molar-refractivity contribution >= 4 is 11.7 Å². The summed E-state index contributed by atoms with van der Waals surface area (Å²) in [7, 11) is 0. The maximum absolute atomic E-state index is 12.6. The van der Waals surface area contributed by atoms with Gasteiger partial charge in [0.05, 0.1) is 18.8 Å². The summed E-state index contributed by atoms with van der Waals surface area (Å²) in [4.78, 5) is 18.8. The molecular formula is C18H18F3N3O3. The second-order valence-electron chi connectivity index (χ2n) is 5.81. The van der Waals surface area contributed by atoms with Crippen molar-refractivity contribution in [3.8, 4) is 5.75 Å². The molecule has 9 heteroatoms. The van der Waals surface area contributed by atoms with Crippen LogP contribution in [0.15, 0.2) is 42.6 Å². The van der Waals surface area contributed by atoms with Crippen LogP contribution in [0.1, 0.15) is 15.9 Å². The highest BCUT2D eigenvalue weighted by molar-refractivity contribution is 5.98. The van der Waals surface area contributed by atoms with Crippen LogP contribution in [0.5, 0.6) is 5.75 Å². The number of halogens is 3. The van der Waals surface area contributed by atoms with Crippen molar-refractivity contribution in [3.63, 3.8) is 0 Å². The largest absolute Gasteiger partial charge is 0.573 e. The van der Waals surface area contributed by atoms with E-state index in [1.807, 2.05) is 4.90 Å². The minimum atomic E-state index is -4.80. The highest BCUT2D eigenvalue weighted by atomic mass is 19.4. The van der Waals surface area contributed by atoms with Gasteiger partial charge in [0.25, 0.3) is 5.91 Å². The van der Waals surface area contributed by atoms with Gasteiger partial charge in [0, 0.05) is 31.4 Å². The molecule has 3 rings (SSSR count). The van der Waals surface area contributed by atoms with Gasteiger partial charge in [0.15, 0.2) is 0 Å². The topological polar surface area (TPSA) is 63.7 Å². The van der Waals surface area contributed by atoms with Crippen LogP contribution in [-0.4, -0.2) is 43.6 Å². The van der Waals surface area contributed by atoms with Crippen LogP contribution in [0.2, 0.25) is 0 Å². The summed E-state index contributed by atoms with van der Waals surface area (Å²) in [6.45, 7) is 2.20. The number of anilines is 1. The molecule has 0 aliphatic carbocycles. The van der Waals surface area contributed by atoms with Crippen molar-refractivity contribution in [2.75, 3.05) is 31.2 Å². The molecule has 1 saturated heterocycles. The molecule has 1 amide bonds. The van der Waals surface area contributed by atoms with Crippen LogP contribution >= 0.6 is 0 Å². The second kappa shape index (κ2) is 8.26. The lowest BCUT2D eigenvalue weighted by atomic mass is 10.1. The van der Waals surface area contributed by atoms with Crippen molar-refractivity contribution in [1.82, 2.24) is 10.3 Å². The van der Waals surface area contributed by atoms with E-state index in [0.29, 0.717) is 37.7 Å². The van der Waals surface area contributed by atoms with Crippen LogP contribution in [-0.2, 0) is 11.3 Å². The molecule has 0 saturated carbocycles. The Morgan fingerprint density at radius 3 is 2.67 bits per heavy atom. The molecule has 27 heavy (non-hydrogen) atoms. The highest BCUT2D eigenvalue weighted by Crippen LogP contribution is 2.26. The van der Waals surface area contributed by atoms with Gasteiger partial charge in [-0.2, -0.15) is 0 Å². The third-order valence-electron chi connectivity index (χ3n) is 3.98. The molecule has 1 aromatic heterocycles. The zero-order chi connectivity index (χ0) is 19.3. The number of amides is 1. The van der Waals surface area contributed by atoms with E-state index in [4.69, 9.17) is 4.74 Å². The van der Waals surface area contributed by atoms with E-state index in [2.05, 4.69) is 15.0 Å². The predicted molar refractivity (Wildman–Crippen MR) is 91.6 cm³/mol. The number of carbonyl (C=O) groups is 1. The Labute approximate surface area is 153 Å². The maximum Gasteiger partial charge on any atom is 0.573 e. The lowest BCUT2D eigenvalue weighted by molar-refractivity contribution is -0.274. The second-order valence-corrected chi connectivity index (χ2v) is 5.81. The Kier molecular flexibility index (Phi) is 5.80. The summed E-state index contributed by atoms with van der Waals surface area (Å²) in [5.74, 6) is -0.241. The Balaban J connectivity index is 1.72. The number of carbonyl (C=O) groups excluding carboxylic acids is 1. The van der Waals surface area contributed by atoms with Gasteiger partial charge in [0.1, 0.15) is 11.6 Å². The molecule has 6 nitrogen and oxygen atoms in total. The first-order valence-electron chi connectivity index (χ1n) is 8.33. The van der Waals surface area contributed by atoms with Crippen LogP contribution in [0.25, 0.3) is 0 Å². The van der Waals surface area contributed by atoms with Crippen LogP contribution in [0.3, 0.4) is 0 Å². The summed E-state index contributed by atoms with van der Waals surface area (Å²) in [6.07, 6.45) is -3.21. The number of aromatic nitrogens is 1. The number of hydrogen-bond acceptors (Lipinski definition) is 5. The molecule has 2 aromatic rings. The number of pyridine rings is 1. The quantitative estimate of drug-likeness (QED) is 0.863. The molecule has 0 unspecified atom stereocenters. The fraction of sp³-hybridized carbons (Fsp3) is 0.333. The van der Waals surface area contributed by atoms with Crippen molar-refractivity contribution in [2.45, 2.75) is 12.9 Å². The van der Waals surface area contributed by atoms with Crippen molar-refractivity contribution in [2.24, 2.45) is 0 Å². The summed E-state index contributed by atoms with van der Waals surface area (Å²) in [5, 5.41) is 2.64. The van der Waals surface area contributed by atoms with E-state index in [-0.39, 0.29) is 17.9 Å². The molecule has 1 aromatic carbocycles. The highest BCUT2D eigenvalue weighted by Gasteiger charge is 2.32. The van der Waals surface area contributed by atoms with Gasteiger partial charge in [-0.3, -0.25) is 4.79 Å². The first-order valence-corrected chi connectivity index (χ1v) is 8.33. The number of ether oxygens (including phenoxy) is 2. The average Bonchev–Trinajstić information content (AvgIpc) is 2.66. The zero-order valence-electron chi connectivity index (χ0n) is 14.3. The molecule has 0 atom stereocenters. The molecule has 0 spiro atoms. The molecule has 0 radical (unpaired) electrons. The summed E-state index contributed by atoms with van der Waals surface area (Å²) >= 11 is 0. The van der Waals surface area contributed by atoms with Gasteiger partial charge in [-0.15, -0.1) is 13.2 Å². The Morgan fingerprint density at radius 2 is 1.93 bits per heavy atom. The first kappa shape index (κ1) is 19.0. The van der Waals surface area contributed by atoms with Crippen LogP contribution in [0, 0.1) is 0 Å². The number of benzene rings is 1. The van der Waals surface area contributed by atoms with Gasteiger partial charge >= 0.3 is 6.36 Å². The maximum atomic E-state index is 12.6. The minimum absolute atomic E-state index is 0.109. The predicted octanol–water partition coefficient (Wildman–Crippen LogP) is 2.75. The van der Waals surface area contributed by atoms with Gasteiger partial charge in [0.2, 0.25) is 0 Å². The van der Waals surface area contributed by atoms with E-state index in [1.165, 1.54) is 18.2 Å². The van der Waals surface area contributed by atoms with E-state index >= 15 is 0 Å². The molecule has 2 heterocycles. The summed E-state index contributed by atoms with van der Waals surface area (Å²) in [5.41, 5.74) is 0.577. The van der Waals surface area contributed by atoms with Crippen molar-refractivity contribution in [1.29, 1.82) is 0 Å². The standard InChI is InChI=1S/C18H18F3N3O3/c19-18(20,21)27-15-6-2-1-4-13(15)12-23-17(25)14-5-3-7-22-16(14)24-8-10-26-11-9-24/h1-7H,8-12H2,(H,23,25). The van der Waals surface area contributed by atoms with Gasteiger partial charge < -0.3 is 19.7 Å². The van der Waals surface area contributed by atoms with Crippen molar-refractivity contribution < 1.29 is 27.4 Å². The Morgan fingerprint density at radius 1 is 1.19 bits per heavy atom. The van der Waals surface area contributed by atoms with Crippen LogP contribution in [0.4, 0.5) is 19.0 Å². The number of nitrogens with zero attached hydrogens (tertiary/aromatic N) is 2. The van der Waals surface area contributed by atoms with Crippen molar-refractivity contribution in [3.05, 3.63) is 53.7 Å². The normalized spacial score (nSPS) is 14.7. The van der Waals surface area contributed by atoms with Gasteiger partial charge in [-0.25, -0.2) is 4.98 Å². The number of nitrogens with one attached hydrogen (secondary N) is 1. The SMILES string of the molecule is O=C(NCc1ccccc1OC(F)(F)F)c1cccnc1N1CCOCC1. The summed E-state index contributed by atoms with van der Waals surface area (Å²) in [6, 6.07) is 8.95. The van der Waals surface area contributed by atoms with Gasteiger partial charge in [-0.05, 0) is 18.2 Å². The Bertz CT molecular complexity index is 793. The fourth-order valence-electron chi connectivity index (χ4n) is 2.75. The van der Waals surface area contributed by atoms with Crippen LogP contribution < -0.4 is 15.0 Å². The fourth-order valence-corrected chi connectivity index (χ4v) is 2.75. The molecule has 0 bridgehead atoms. The molecule has 144 valence electrons. The smallest absolute Gasteiger partial charge is 0.405 e. The van der Waals surface area contributed by atoms with Gasteiger partial charge in [-0.1, -0.05) is 18.2 Å². The number of para-hydroxylation sites is 1. The van der Waals surface area contributed by atoms with E-state index in [9.17, 15) is 18.0 Å². The van der Waals surface area contributed by atoms with E-state index in [0.717, 1.165) is 0 Å². The number of hydrogen-bond donors (Lipinski definition) is 1.